The van der Waals surface area contributed by atoms with Crippen LogP contribution in [0.25, 0.3) is 0 Å². The number of benzene rings is 1. The van der Waals surface area contributed by atoms with E-state index in [1.807, 2.05) is 6.92 Å². The largest absolute Gasteiger partial charge is 0.345 e. The lowest BCUT2D eigenvalue weighted by Gasteiger charge is -2.06. The fraction of sp³-hybridized carbons (Fsp3) is 0.400. The number of ether oxygens (including phenoxy) is 1. The van der Waals surface area contributed by atoms with Crippen molar-refractivity contribution in [3.63, 3.8) is 0 Å². The Labute approximate surface area is 98.3 Å². The highest BCUT2D eigenvalue weighted by Gasteiger charge is 2.14. The summed E-state index contributed by atoms with van der Waals surface area (Å²) in [5.41, 5.74) is 0.907. The molecule has 0 atom stereocenters. The molecule has 0 saturated heterocycles. The zero-order valence-electron chi connectivity index (χ0n) is 9.10. The highest BCUT2D eigenvalue weighted by molar-refractivity contribution is 7.86. The molecule has 96 valence electrons. The molecular formula is C10H12F2O4S. The van der Waals surface area contributed by atoms with E-state index in [1.54, 1.807) is 12.1 Å². The van der Waals surface area contributed by atoms with Gasteiger partial charge in [0.25, 0.3) is 10.1 Å². The first-order valence-corrected chi connectivity index (χ1v) is 6.18. The van der Waals surface area contributed by atoms with Crippen molar-refractivity contribution < 1.29 is 26.1 Å². The van der Waals surface area contributed by atoms with Crippen LogP contribution in [0.5, 0.6) is 0 Å². The Kier molecular flexibility index (Phi) is 4.98. The second-order valence-corrected chi connectivity index (χ2v) is 4.84. The predicted molar refractivity (Wildman–Crippen MR) is 56.3 cm³/mol. The Morgan fingerprint density at radius 1 is 1.18 bits per heavy atom. The van der Waals surface area contributed by atoms with Crippen LogP contribution in [0.4, 0.5) is 8.78 Å². The average Bonchev–Trinajstić information content (AvgIpc) is 2.25. The Hall–Kier alpha value is -1.05. The molecule has 0 N–H and O–H groups in total. The molecule has 0 saturated carbocycles. The number of halogens is 2. The molecule has 0 aliphatic rings. The monoisotopic (exact) mass is 266 g/mol. The fourth-order valence-corrected chi connectivity index (χ4v) is 1.95. The van der Waals surface area contributed by atoms with Gasteiger partial charge < -0.3 is 4.74 Å². The van der Waals surface area contributed by atoms with Gasteiger partial charge in [-0.1, -0.05) is 17.7 Å². The van der Waals surface area contributed by atoms with Gasteiger partial charge in [-0.3, -0.25) is 4.18 Å². The second-order valence-electron chi connectivity index (χ2n) is 3.22. The second kappa shape index (κ2) is 6.04. The van der Waals surface area contributed by atoms with Crippen molar-refractivity contribution in [1.82, 2.24) is 0 Å². The molecule has 0 bridgehead atoms. The maximum atomic E-state index is 11.6. The number of alkyl halides is 2. The van der Waals surface area contributed by atoms with Crippen LogP contribution in [0.3, 0.4) is 0 Å². The molecule has 0 aliphatic heterocycles. The molecule has 1 aromatic carbocycles. The van der Waals surface area contributed by atoms with Gasteiger partial charge in [-0.05, 0) is 19.1 Å². The minimum absolute atomic E-state index is 0.0138. The third kappa shape index (κ3) is 4.76. The Morgan fingerprint density at radius 2 is 1.76 bits per heavy atom. The van der Waals surface area contributed by atoms with E-state index < -0.39 is 29.9 Å². The number of rotatable bonds is 6. The molecule has 0 aliphatic carbocycles. The van der Waals surface area contributed by atoms with Crippen molar-refractivity contribution in [2.75, 3.05) is 13.2 Å². The van der Waals surface area contributed by atoms with E-state index >= 15 is 0 Å². The lowest BCUT2D eigenvalue weighted by Crippen LogP contribution is -2.13. The molecule has 0 fully saturated rings. The molecule has 0 heterocycles. The first-order valence-electron chi connectivity index (χ1n) is 4.77. The first-order chi connectivity index (χ1) is 7.92. The maximum absolute atomic E-state index is 11.6. The van der Waals surface area contributed by atoms with Crippen LogP contribution < -0.4 is 0 Å². The fourth-order valence-electron chi connectivity index (χ4n) is 1.05. The summed E-state index contributed by atoms with van der Waals surface area (Å²) < 4.78 is 54.6. The minimum Gasteiger partial charge on any atom is -0.320 e. The molecular weight excluding hydrogens is 254 g/mol. The van der Waals surface area contributed by atoms with Crippen LogP contribution in [0.2, 0.25) is 0 Å². The highest BCUT2D eigenvalue weighted by Crippen LogP contribution is 2.13. The van der Waals surface area contributed by atoms with Crippen molar-refractivity contribution >= 4 is 10.1 Å². The van der Waals surface area contributed by atoms with Gasteiger partial charge in [-0.15, -0.1) is 0 Å². The average molecular weight is 266 g/mol. The van der Waals surface area contributed by atoms with E-state index in [-0.39, 0.29) is 4.90 Å². The summed E-state index contributed by atoms with van der Waals surface area (Å²) in [6.07, 6.45) is 0. The first kappa shape index (κ1) is 14.0. The SMILES string of the molecule is Cc1ccc(S(=O)(=O)OCCOC(F)F)cc1. The van der Waals surface area contributed by atoms with Gasteiger partial charge in [0, 0.05) is 0 Å². The summed E-state index contributed by atoms with van der Waals surface area (Å²) in [5.74, 6) is 0. The maximum Gasteiger partial charge on any atom is 0.345 e. The molecule has 0 spiro atoms. The van der Waals surface area contributed by atoms with Gasteiger partial charge in [0.15, 0.2) is 0 Å². The van der Waals surface area contributed by atoms with Gasteiger partial charge in [0.2, 0.25) is 0 Å². The van der Waals surface area contributed by atoms with E-state index in [9.17, 15) is 17.2 Å². The lowest BCUT2D eigenvalue weighted by molar-refractivity contribution is -0.133. The molecule has 0 aromatic heterocycles. The van der Waals surface area contributed by atoms with E-state index in [1.165, 1.54) is 12.1 Å². The summed E-state index contributed by atoms with van der Waals surface area (Å²) >= 11 is 0. The molecule has 0 amide bonds. The van der Waals surface area contributed by atoms with Crippen LogP contribution in [0, 0.1) is 6.92 Å². The summed E-state index contributed by atoms with van der Waals surface area (Å²) in [6, 6.07) is 6.01. The summed E-state index contributed by atoms with van der Waals surface area (Å²) in [4.78, 5) is -0.0138. The van der Waals surface area contributed by atoms with Crippen LogP contribution in [-0.4, -0.2) is 28.2 Å². The van der Waals surface area contributed by atoms with E-state index in [2.05, 4.69) is 8.92 Å². The molecule has 0 unspecified atom stereocenters. The van der Waals surface area contributed by atoms with Crippen molar-refractivity contribution in [3.8, 4) is 0 Å². The molecule has 17 heavy (non-hydrogen) atoms. The molecule has 4 nitrogen and oxygen atoms in total. The van der Waals surface area contributed by atoms with Crippen molar-refractivity contribution in [1.29, 1.82) is 0 Å². The third-order valence-electron chi connectivity index (χ3n) is 1.88. The summed E-state index contributed by atoms with van der Waals surface area (Å²) in [6.45, 7) is -2.04. The zero-order valence-corrected chi connectivity index (χ0v) is 9.91. The molecule has 1 rings (SSSR count). The quantitative estimate of drug-likeness (QED) is 0.583. The highest BCUT2D eigenvalue weighted by atomic mass is 32.2. The molecule has 1 aromatic rings. The molecule has 7 heteroatoms. The Balaban J connectivity index is 2.54. The summed E-state index contributed by atoms with van der Waals surface area (Å²) in [7, 11) is -3.90. The van der Waals surface area contributed by atoms with Crippen molar-refractivity contribution in [2.45, 2.75) is 18.4 Å². The van der Waals surface area contributed by atoms with Gasteiger partial charge in [-0.25, -0.2) is 0 Å². The summed E-state index contributed by atoms with van der Waals surface area (Å²) in [5, 5.41) is 0. The number of aryl methyl sites for hydroxylation is 1. The number of hydrogen-bond donors (Lipinski definition) is 0. The van der Waals surface area contributed by atoms with Crippen LogP contribution in [0.1, 0.15) is 5.56 Å². The van der Waals surface area contributed by atoms with Gasteiger partial charge in [0.1, 0.15) is 0 Å². The van der Waals surface area contributed by atoms with Crippen LogP contribution in [0.15, 0.2) is 29.2 Å². The standard InChI is InChI=1S/C10H12F2O4S/c1-8-2-4-9(5-3-8)17(13,14)16-7-6-15-10(11)12/h2-5,10H,6-7H2,1H3. The lowest BCUT2D eigenvalue weighted by atomic mass is 10.2. The van der Waals surface area contributed by atoms with Crippen molar-refractivity contribution in [2.24, 2.45) is 0 Å². The zero-order chi connectivity index (χ0) is 12.9. The van der Waals surface area contributed by atoms with Crippen LogP contribution >= 0.6 is 0 Å². The minimum atomic E-state index is -3.90. The predicted octanol–water partition coefficient (Wildman–Crippen LogP) is 1.94. The van der Waals surface area contributed by atoms with Crippen LogP contribution in [-0.2, 0) is 19.0 Å². The van der Waals surface area contributed by atoms with Gasteiger partial charge >= 0.3 is 6.61 Å². The number of hydrogen-bond acceptors (Lipinski definition) is 4. The smallest absolute Gasteiger partial charge is 0.320 e. The van der Waals surface area contributed by atoms with E-state index in [4.69, 9.17) is 0 Å². The topological polar surface area (TPSA) is 52.6 Å². The van der Waals surface area contributed by atoms with Crippen molar-refractivity contribution in [3.05, 3.63) is 29.8 Å². The van der Waals surface area contributed by atoms with Gasteiger partial charge in [0.05, 0.1) is 18.1 Å². The normalized spacial score (nSPS) is 12.0. The Morgan fingerprint density at radius 3 is 2.29 bits per heavy atom. The van der Waals surface area contributed by atoms with E-state index in [0.29, 0.717) is 0 Å². The molecule has 0 radical (unpaired) electrons. The van der Waals surface area contributed by atoms with Gasteiger partial charge in [-0.2, -0.15) is 17.2 Å². The van der Waals surface area contributed by atoms with E-state index in [0.717, 1.165) is 5.56 Å². The third-order valence-corrected chi connectivity index (χ3v) is 3.20. The Bertz CT molecular complexity index is 442.